The summed E-state index contributed by atoms with van der Waals surface area (Å²) in [5.74, 6) is 1.87. The van der Waals surface area contributed by atoms with Crippen LogP contribution in [0, 0.1) is 5.82 Å². The van der Waals surface area contributed by atoms with Gasteiger partial charge in [0.05, 0.1) is 26.8 Å². The average Bonchev–Trinajstić information content (AvgIpc) is 3.38. The fourth-order valence-electron chi connectivity index (χ4n) is 5.64. The van der Waals surface area contributed by atoms with Gasteiger partial charge in [-0.2, -0.15) is 0 Å². The molecule has 0 spiro atoms. The molecule has 2 fully saturated rings. The topological polar surface area (TPSA) is 68.5 Å². The number of methoxy groups -OCH3 is 2. The van der Waals surface area contributed by atoms with Crippen molar-refractivity contribution in [2.45, 2.75) is 50.7 Å². The maximum Gasteiger partial charge on any atom is 0.173 e. The lowest BCUT2D eigenvalue weighted by molar-refractivity contribution is 0.0620. The van der Waals surface area contributed by atoms with Gasteiger partial charge in [0.25, 0.3) is 0 Å². The molecule has 1 aliphatic carbocycles. The van der Waals surface area contributed by atoms with E-state index < -0.39 is 0 Å². The predicted molar refractivity (Wildman–Crippen MR) is 135 cm³/mol. The molecule has 3 aromatic rings. The number of aromatic nitrogens is 4. The molecule has 192 valence electrons. The third kappa shape index (κ3) is 5.37. The molecule has 0 N–H and O–H groups in total. The van der Waals surface area contributed by atoms with E-state index >= 15 is 0 Å². The van der Waals surface area contributed by atoms with Crippen molar-refractivity contribution < 1.29 is 13.9 Å². The first-order valence-electron chi connectivity index (χ1n) is 12.9. The molecule has 8 nitrogen and oxygen atoms in total. The monoisotopic (exact) mass is 494 g/mol. The normalized spacial score (nSPS) is 18.8. The van der Waals surface area contributed by atoms with E-state index in [9.17, 15) is 4.39 Å². The van der Waals surface area contributed by atoms with Crippen molar-refractivity contribution in [1.29, 1.82) is 0 Å². The third-order valence-corrected chi connectivity index (χ3v) is 7.58. The van der Waals surface area contributed by atoms with Crippen LogP contribution in [0.5, 0.6) is 11.5 Å². The lowest BCUT2D eigenvalue weighted by Gasteiger charge is -2.43. The Balaban J connectivity index is 1.44. The minimum atomic E-state index is -0.255. The van der Waals surface area contributed by atoms with E-state index in [1.165, 1.54) is 44.2 Å². The highest BCUT2D eigenvalue weighted by molar-refractivity contribution is 5.45. The van der Waals surface area contributed by atoms with Crippen LogP contribution in [-0.4, -0.2) is 76.4 Å². The van der Waals surface area contributed by atoms with E-state index in [1.807, 2.05) is 16.8 Å². The molecular formula is C27H35FN6O2. The largest absolute Gasteiger partial charge is 0.493 e. The molecule has 36 heavy (non-hydrogen) atoms. The molecule has 5 rings (SSSR count). The van der Waals surface area contributed by atoms with E-state index in [-0.39, 0.29) is 11.9 Å². The van der Waals surface area contributed by atoms with Gasteiger partial charge >= 0.3 is 0 Å². The Morgan fingerprint density at radius 1 is 0.917 bits per heavy atom. The van der Waals surface area contributed by atoms with E-state index in [1.54, 1.807) is 26.4 Å². The quantitative estimate of drug-likeness (QED) is 0.470. The van der Waals surface area contributed by atoms with Crippen LogP contribution in [0.25, 0.3) is 0 Å². The number of nitrogens with zero attached hydrogens (tertiary/aromatic N) is 6. The molecule has 1 unspecified atom stereocenters. The van der Waals surface area contributed by atoms with Crippen LogP contribution in [0.1, 0.15) is 55.1 Å². The third-order valence-electron chi connectivity index (χ3n) is 7.58. The predicted octanol–water partition coefficient (Wildman–Crippen LogP) is 3.92. The second kappa shape index (κ2) is 11.3. The first-order chi connectivity index (χ1) is 17.7. The molecule has 9 heteroatoms. The van der Waals surface area contributed by atoms with Gasteiger partial charge in [-0.3, -0.25) is 9.80 Å². The van der Waals surface area contributed by atoms with Crippen molar-refractivity contribution in [3.8, 4) is 11.5 Å². The molecule has 2 heterocycles. The number of tetrazole rings is 1. The summed E-state index contributed by atoms with van der Waals surface area (Å²) < 4.78 is 26.4. The Bertz CT molecular complexity index is 1120. The summed E-state index contributed by atoms with van der Waals surface area (Å²) in [7, 11) is 3.29. The first kappa shape index (κ1) is 24.6. The number of piperazine rings is 1. The zero-order chi connectivity index (χ0) is 24.9. The van der Waals surface area contributed by atoms with E-state index in [0.717, 1.165) is 43.1 Å². The lowest BCUT2D eigenvalue weighted by atomic mass is 9.93. The Labute approximate surface area is 212 Å². The molecule has 2 aliphatic rings. The van der Waals surface area contributed by atoms with Gasteiger partial charge in [-0.05, 0) is 58.7 Å². The minimum Gasteiger partial charge on any atom is -0.493 e. The lowest BCUT2D eigenvalue weighted by Crippen LogP contribution is -2.52. The zero-order valence-electron chi connectivity index (χ0n) is 21.1. The summed E-state index contributed by atoms with van der Waals surface area (Å²) in [4.78, 5) is 5.14. The van der Waals surface area contributed by atoms with Crippen LogP contribution in [0.2, 0.25) is 0 Å². The maximum absolute atomic E-state index is 13.5. The second-order valence-corrected chi connectivity index (χ2v) is 9.70. The van der Waals surface area contributed by atoms with Gasteiger partial charge in [-0.1, -0.05) is 37.5 Å². The van der Waals surface area contributed by atoms with Gasteiger partial charge in [0.15, 0.2) is 17.3 Å². The van der Waals surface area contributed by atoms with Crippen LogP contribution in [0.3, 0.4) is 0 Å². The van der Waals surface area contributed by atoms with Gasteiger partial charge in [0.1, 0.15) is 5.82 Å². The molecule has 0 bridgehead atoms. The molecule has 2 aromatic carbocycles. The summed E-state index contributed by atoms with van der Waals surface area (Å²) in [6, 6.07) is 13.1. The summed E-state index contributed by atoms with van der Waals surface area (Å²) >= 11 is 0. The fourth-order valence-corrected chi connectivity index (χ4v) is 5.64. The smallest absolute Gasteiger partial charge is 0.173 e. The zero-order valence-corrected chi connectivity index (χ0v) is 21.1. The van der Waals surface area contributed by atoms with Crippen molar-refractivity contribution in [2.24, 2.45) is 0 Å². The number of ether oxygens (including phenoxy) is 2. The molecule has 1 saturated carbocycles. The van der Waals surface area contributed by atoms with Crippen LogP contribution in [0.4, 0.5) is 4.39 Å². The summed E-state index contributed by atoms with van der Waals surface area (Å²) in [6.07, 6.45) is 6.69. The number of hydrogen-bond donors (Lipinski definition) is 0. The molecule has 1 atom stereocenters. The maximum atomic E-state index is 13.5. The molecule has 1 aliphatic heterocycles. The van der Waals surface area contributed by atoms with E-state index in [0.29, 0.717) is 24.1 Å². The number of halogens is 1. The number of hydrogen-bond acceptors (Lipinski definition) is 7. The van der Waals surface area contributed by atoms with Crippen molar-refractivity contribution in [1.82, 2.24) is 30.0 Å². The average molecular weight is 495 g/mol. The van der Waals surface area contributed by atoms with Crippen LogP contribution < -0.4 is 9.47 Å². The number of benzene rings is 2. The van der Waals surface area contributed by atoms with Crippen LogP contribution >= 0.6 is 0 Å². The van der Waals surface area contributed by atoms with E-state index in [4.69, 9.17) is 9.47 Å². The highest BCUT2D eigenvalue weighted by Gasteiger charge is 2.33. The Kier molecular flexibility index (Phi) is 7.77. The van der Waals surface area contributed by atoms with Crippen LogP contribution in [0.15, 0.2) is 42.5 Å². The van der Waals surface area contributed by atoms with Crippen LogP contribution in [-0.2, 0) is 6.54 Å². The Morgan fingerprint density at radius 2 is 1.64 bits per heavy atom. The highest BCUT2D eigenvalue weighted by atomic mass is 19.1. The first-order valence-corrected chi connectivity index (χ1v) is 12.9. The minimum absolute atomic E-state index is 0.145. The van der Waals surface area contributed by atoms with Gasteiger partial charge in [0.2, 0.25) is 0 Å². The highest BCUT2D eigenvalue weighted by Crippen LogP contribution is 2.35. The van der Waals surface area contributed by atoms with Crippen molar-refractivity contribution in [3.05, 3.63) is 65.2 Å². The molecular weight excluding hydrogens is 459 g/mol. The van der Waals surface area contributed by atoms with Crippen molar-refractivity contribution in [2.75, 3.05) is 40.4 Å². The standard InChI is InChI=1S/C27H35FN6O2/c1-35-24-13-10-21(18-25(24)36-2)26(33-16-14-32(15-17-33)23-6-4-3-5-7-23)27-29-30-31-34(27)19-20-8-11-22(28)12-9-20/h8-13,18,23,26H,3-7,14-17,19H2,1-2H3. The van der Waals surface area contributed by atoms with Gasteiger partial charge in [0, 0.05) is 32.2 Å². The summed E-state index contributed by atoms with van der Waals surface area (Å²) in [6.45, 7) is 4.40. The summed E-state index contributed by atoms with van der Waals surface area (Å²) in [5.41, 5.74) is 1.99. The number of rotatable bonds is 8. The second-order valence-electron chi connectivity index (χ2n) is 9.70. The van der Waals surface area contributed by atoms with E-state index in [2.05, 4.69) is 31.4 Å². The van der Waals surface area contributed by atoms with Gasteiger partial charge in [-0.15, -0.1) is 5.10 Å². The molecule has 1 aromatic heterocycles. The Morgan fingerprint density at radius 3 is 2.33 bits per heavy atom. The van der Waals surface area contributed by atoms with Crippen molar-refractivity contribution in [3.63, 3.8) is 0 Å². The van der Waals surface area contributed by atoms with Gasteiger partial charge in [-0.25, -0.2) is 9.07 Å². The Hall–Kier alpha value is -3.04. The molecule has 0 radical (unpaired) electrons. The summed E-state index contributed by atoms with van der Waals surface area (Å²) in [5, 5.41) is 12.8. The fraction of sp³-hybridized carbons (Fsp3) is 0.519. The van der Waals surface area contributed by atoms with Gasteiger partial charge < -0.3 is 9.47 Å². The SMILES string of the molecule is COc1ccc(C(c2nnnn2Cc2ccc(F)cc2)N2CCN(C3CCCCC3)CC2)cc1OC. The molecule has 0 amide bonds. The molecule has 1 saturated heterocycles. The van der Waals surface area contributed by atoms with Crippen molar-refractivity contribution >= 4 is 0 Å².